The molecule has 1 atom stereocenters. The Morgan fingerprint density at radius 3 is 2.67 bits per heavy atom. The molecule has 0 heterocycles. The second-order valence-corrected chi connectivity index (χ2v) is 7.27. The van der Waals surface area contributed by atoms with Crippen molar-refractivity contribution in [1.82, 2.24) is 4.90 Å². The van der Waals surface area contributed by atoms with Gasteiger partial charge in [-0.2, -0.15) is 0 Å². The second kappa shape index (κ2) is 6.86. The average molecular weight is 317 g/mol. The third-order valence-electron chi connectivity index (χ3n) is 3.10. The fraction of sp³-hybridized carbons (Fsp3) is 0.462. The summed E-state index contributed by atoms with van der Waals surface area (Å²) in [4.78, 5) is 13.6. The molecule has 1 rings (SSSR count). The predicted octanol–water partition coefficient (Wildman–Crippen LogP) is 0.711. The van der Waals surface area contributed by atoms with Crippen LogP contribution < -0.4 is 11.1 Å². The SMILES string of the molecule is CC(C(=O)Nc1cc(N)ccc1F)N(C)CCS(C)(=O)=O. The van der Waals surface area contributed by atoms with Crippen molar-refractivity contribution in [3.05, 3.63) is 24.0 Å². The Bertz CT molecular complexity index is 619. The summed E-state index contributed by atoms with van der Waals surface area (Å²) in [5.74, 6) is -1.06. The third-order valence-corrected chi connectivity index (χ3v) is 4.03. The maximum Gasteiger partial charge on any atom is 0.241 e. The molecular weight excluding hydrogens is 297 g/mol. The van der Waals surface area contributed by atoms with Gasteiger partial charge in [-0.1, -0.05) is 0 Å². The molecule has 1 aromatic carbocycles. The number of rotatable bonds is 6. The fourth-order valence-corrected chi connectivity index (χ4v) is 2.20. The number of nitrogens with two attached hydrogens (primary N) is 1. The standard InChI is InChI=1S/C13H20FN3O3S/c1-9(17(2)6-7-21(3,19)20)13(18)16-12-8-10(15)4-5-11(12)14/h4-5,8-9H,6-7,15H2,1-3H3,(H,16,18). The van der Waals surface area contributed by atoms with E-state index in [0.29, 0.717) is 5.69 Å². The first-order chi connectivity index (χ1) is 9.60. The maximum atomic E-state index is 13.5. The molecule has 1 amide bonds. The molecule has 0 saturated heterocycles. The highest BCUT2D eigenvalue weighted by molar-refractivity contribution is 7.90. The molecular formula is C13H20FN3O3S. The summed E-state index contributed by atoms with van der Waals surface area (Å²) in [6.45, 7) is 1.83. The van der Waals surface area contributed by atoms with Gasteiger partial charge in [-0.25, -0.2) is 12.8 Å². The van der Waals surface area contributed by atoms with E-state index in [-0.39, 0.29) is 18.0 Å². The molecule has 118 valence electrons. The lowest BCUT2D eigenvalue weighted by Gasteiger charge is -2.23. The molecule has 8 heteroatoms. The lowest BCUT2D eigenvalue weighted by molar-refractivity contribution is -0.120. The van der Waals surface area contributed by atoms with Crippen molar-refractivity contribution in [2.75, 3.05) is 36.7 Å². The molecule has 0 bridgehead atoms. The van der Waals surface area contributed by atoms with Crippen LogP contribution in [0.4, 0.5) is 15.8 Å². The van der Waals surface area contributed by atoms with Gasteiger partial charge in [0.1, 0.15) is 15.7 Å². The van der Waals surface area contributed by atoms with Gasteiger partial charge >= 0.3 is 0 Å². The van der Waals surface area contributed by atoms with Crippen LogP contribution in [-0.4, -0.2) is 50.9 Å². The van der Waals surface area contributed by atoms with Crippen molar-refractivity contribution in [2.45, 2.75) is 13.0 Å². The number of nitrogens with zero attached hydrogens (tertiary/aromatic N) is 1. The summed E-state index contributed by atoms with van der Waals surface area (Å²) in [5.41, 5.74) is 5.88. The van der Waals surface area contributed by atoms with Gasteiger partial charge in [0.15, 0.2) is 0 Å². The minimum Gasteiger partial charge on any atom is -0.399 e. The Morgan fingerprint density at radius 2 is 2.10 bits per heavy atom. The summed E-state index contributed by atoms with van der Waals surface area (Å²) in [7, 11) is -1.47. The van der Waals surface area contributed by atoms with Crippen molar-refractivity contribution in [1.29, 1.82) is 0 Å². The van der Waals surface area contributed by atoms with Crippen molar-refractivity contribution in [3.8, 4) is 0 Å². The Kier molecular flexibility index (Phi) is 5.68. The highest BCUT2D eigenvalue weighted by Gasteiger charge is 2.20. The highest BCUT2D eigenvalue weighted by Crippen LogP contribution is 2.17. The lowest BCUT2D eigenvalue weighted by Crippen LogP contribution is -2.41. The van der Waals surface area contributed by atoms with Crippen molar-refractivity contribution < 1.29 is 17.6 Å². The number of nitrogen functional groups attached to an aromatic ring is 1. The molecule has 0 aromatic heterocycles. The number of hydrogen-bond donors (Lipinski definition) is 2. The van der Waals surface area contributed by atoms with E-state index in [1.165, 1.54) is 18.2 Å². The average Bonchev–Trinajstić information content (AvgIpc) is 2.38. The second-order valence-electron chi connectivity index (χ2n) is 5.01. The molecule has 0 aliphatic carbocycles. The maximum absolute atomic E-state index is 13.5. The van der Waals surface area contributed by atoms with E-state index < -0.39 is 27.6 Å². The molecule has 0 aliphatic heterocycles. The zero-order valence-corrected chi connectivity index (χ0v) is 13.1. The minimum atomic E-state index is -3.10. The van der Waals surface area contributed by atoms with E-state index in [9.17, 15) is 17.6 Å². The van der Waals surface area contributed by atoms with Crippen LogP contribution in [-0.2, 0) is 14.6 Å². The van der Waals surface area contributed by atoms with Crippen molar-refractivity contribution in [3.63, 3.8) is 0 Å². The van der Waals surface area contributed by atoms with Crippen LogP contribution in [0.15, 0.2) is 18.2 Å². The van der Waals surface area contributed by atoms with Crippen LogP contribution in [0.3, 0.4) is 0 Å². The highest BCUT2D eigenvalue weighted by atomic mass is 32.2. The summed E-state index contributed by atoms with van der Waals surface area (Å²) in [5, 5.41) is 2.44. The van der Waals surface area contributed by atoms with Crippen LogP contribution in [0, 0.1) is 5.82 Å². The molecule has 21 heavy (non-hydrogen) atoms. The van der Waals surface area contributed by atoms with Gasteiger partial charge in [-0.3, -0.25) is 9.69 Å². The number of benzene rings is 1. The monoisotopic (exact) mass is 317 g/mol. The molecule has 3 N–H and O–H groups in total. The van der Waals surface area contributed by atoms with E-state index in [2.05, 4.69) is 5.32 Å². The Labute approximate surface area is 124 Å². The first kappa shape index (κ1) is 17.4. The summed E-state index contributed by atoms with van der Waals surface area (Å²) in [6.07, 6.45) is 1.13. The van der Waals surface area contributed by atoms with Crippen LogP contribution >= 0.6 is 0 Å². The smallest absolute Gasteiger partial charge is 0.241 e. The fourth-order valence-electron chi connectivity index (χ4n) is 1.58. The molecule has 1 aromatic rings. The number of amides is 1. The topological polar surface area (TPSA) is 92.5 Å². The van der Waals surface area contributed by atoms with E-state index in [1.54, 1.807) is 18.9 Å². The Morgan fingerprint density at radius 1 is 1.48 bits per heavy atom. The molecule has 1 unspecified atom stereocenters. The van der Waals surface area contributed by atoms with Crippen LogP contribution in [0.2, 0.25) is 0 Å². The number of hydrogen-bond acceptors (Lipinski definition) is 5. The molecule has 0 saturated carbocycles. The molecule has 0 radical (unpaired) electrons. The quantitative estimate of drug-likeness (QED) is 0.754. The molecule has 0 aliphatic rings. The van der Waals surface area contributed by atoms with E-state index >= 15 is 0 Å². The van der Waals surface area contributed by atoms with Gasteiger partial charge in [-0.05, 0) is 32.2 Å². The van der Waals surface area contributed by atoms with Gasteiger partial charge in [-0.15, -0.1) is 0 Å². The summed E-state index contributed by atoms with van der Waals surface area (Å²) < 4.78 is 35.8. The van der Waals surface area contributed by atoms with Gasteiger partial charge in [0, 0.05) is 18.5 Å². The Balaban J connectivity index is 2.68. The molecule has 0 fully saturated rings. The van der Waals surface area contributed by atoms with Crippen molar-refractivity contribution >= 4 is 27.1 Å². The van der Waals surface area contributed by atoms with Gasteiger partial charge in [0.2, 0.25) is 5.91 Å². The molecule has 6 nitrogen and oxygen atoms in total. The number of halogens is 1. The van der Waals surface area contributed by atoms with E-state index in [4.69, 9.17) is 5.73 Å². The summed E-state index contributed by atoms with van der Waals surface area (Å²) in [6, 6.07) is 3.29. The van der Waals surface area contributed by atoms with Gasteiger partial charge in [0.05, 0.1) is 17.5 Å². The predicted molar refractivity (Wildman–Crippen MR) is 81.2 cm³/mol. The van der Waals surface area contributed by atoms with Gasteiger partial charge in [0.25, 0.3) is 0 Å². The zero-order chi connectivity index (χ0) is 16.2. The van der Waals surface area contributed by atoms with E-state index in [1.807, 2.05) is 0 Å². The normalized spacial score (nSPS) is 13.2. The lowest BCUT2D eigenvalue weighted by atomic mass is 10.2. The largest absolute Gasteiger partial charge is 0.399 e. The number of carbonyl (C=O) groups excluding carboxylic acids is 1. The van der Waals surface area contributed by atoms with Crippen molar-refractivity contribution in [2.24, 2.45) is 0 Å². The number of likely N-dealkylation sites (N-methyl/N-ethyl adjacent to an activating group) is 1. The minimum absolute atomic E-state index is 0.00311. The number of nitrogens with one attached hydrogen (secondary N) is 1. The van der Waals surface area contributed by atoms with Crippen LogP contribution in [0.25, 0.3) is 0 Å². The number of anilines is 2. The number of sulfone groups is 1. The summed E-state index contributed by atoms with van der Waals surface area (Å²) >= 11 is 0. The molecule has 0 spiro atoms. The first-order valence-corrected chi connectivity index (χ1v) is 8.40. The van der Waals surface area contributed by atoms with E-state index in [0.717, 1.165) is 6.26 Å². The van der Waals surface area contributed by atoms with Gasteiger partial charge < -0.3 is 11.1 Å². The zero-order valence-electron chi connectivity index (χ0n) is 12.3. The third kappa shape index (κ3) is 5.68. The van der Waals surface area contributed by atoms with Crippen LogP contribution in [0.1, 0.15) is 6.92 Å². The number of carbonyl (C=O) groups is 1. The Hall–Kier alpha value is -1.67. The van der Waals surface area contributed by atoms with Crippen LogP contribution in [0.5, 0.6) is 0 Å². The first-order valence-electron chi connectivity index (χ1n) is 6.34.